The number of hydrogen-bond donors (Lipinski definition) is 1. The number of rotatable bonds is 5. The van der Waals surface area contributed by atoms with Crippen LogP contribution in [0.1, 0.15) is 32.0 Å². The maximum Gasteiger partial charge on any atom is 0.270 e. The molecular weight excluding hydrogens is 352 g/mol. The van der Waals surface area contributed by atoms with Crippen LogP contribution in [0.5, 0.6) is 0 Å². The lowest BCUT2D eigenvalue weighted by Crippen LogP contribution is -2.49. The molecule has 1 aliphatic heterocycles. The molecule has 28 heavy (non-hydrogen) atoms. The van der Waals surface area contributed by atoms with Gasteiger partial charge in [-0.15, -0.1) is 6.58 Å². The van der Waals surface area contributed by atoms with E-state index in [1.807, 2.05) is 4.90 Å². The number of benzene rings is 1. The SMILES string of the molecule is C=CCNC(=O)c1cc(C(=O)N2CCN(c3cccc(C)c3C)CC2)ccn1. The van der Waals surface area contributed by atoms with Gasteiger partial charge in [-0.1, -0.05) is 18.2 Å². The third-order valence-corrected chi connectivity index (χ3v) is 5.13. The maximum atomic E-state index is 12.9. The van der Waals surface area contributed by atoms with Gasteiger partial charge in [0.1, 0.15) is 5.69 Å². The van der Waals surface area contributed by atoms with Gasteiger partial charge in [0, 0.05) is 50.2 Å². The van der Waals surface area contributed by atoms with Gasteiger partial charge in [-0.25, -0.2) is 0 Å². The van der Waals surface area contributed by atoms with E-state index < -0.39 is 0 Å². The highest BCUT2D eigenvalue weighted by Gasteiger charge is 2.24. The number of carbonyl (C=O) groups is 2. The van der Waals surface area contributed by atoms with E-state index in [1.54, 1.807) is 18.2 Å². The van der Waals surface area contributed by atoms with Crippen LogP contribution in [0.25, 0.3) is 0 Å². The van der Waals surface area contributed by atoms with Crippen molar-refractivity contribution in [3.8, 4) is 0 Å². The smallest absolute Gasteiger partial charge is 0.270 e. The van der Waals surface area contributed by atoms with Crippen LogP contribution in [0.4, 0.5) is 5.69 Å². The quantitative estimate of drug-likeness (QED) is 0.812. The summed E-state index contributed by atoms with van der Waals surface area (Å²) in [6.45, 7) is 11.0. The topological polar surface area (TPSA) is 65.5 Å². The molecule has 0 spiro atoms. The Morgan fingerprint density at radius 3 is 2.64 bits per heavy atom. The summed E-state index contributed by atoms with van der Waals surface area (Å²) in [6, 6.07) is 9.54. The lowest BCUT2D eigenvalue weighted by Gasteiger charge is -2.37. The molecule has 0 bridgehead atoms. The van der Waals surface area contributed by atoms with Crippen LogP contribution in [-0.4, -0.2) is 54.4 Å². The second-order valence-corrected chi connectivity index (χ2v) is 6.93. The normalized spacial score (nSPS) is 13.9. The molecule has 1 aromatic heterocycles. The first-order valence-electron chi connectivity index (χ1n) is 9.47. The molecule has 2 aromatic rings. The van der Waals surface area contributed by atoms with Crippen molar-refractivity contribution in [3.05, 3.63) is 71.6 Å². The van der Waals surface area contributed by atoms with Crippen LogP contribution in [0, 0.1) is 13.8 Å². The van der Waals surface area contributed by atoms with E-state index in [0.717, 1.165) is 13.1 Å². The first-order chi connectivity index (χ1) is 13.5. The average Bonchev–Trinajstić information content (AvgIpc) is 2.73. The second kappa shape index (κ2) is 8.69. The van der Waals surface area contributed by atoms with Crippen LogP contribution < -0.4 is 10.2 Å². The van der Waals surface area contributed by atoms with Crippen LogP contribution in [0.3, 0.4) is 0 Å². The van der Waals surface area contributed by atoms with Crippen molar-refractivity contribution >= 4 is 17.5 Å². The molecule has 6 heteroatoms. The van der Waals surface area contributed by atoms with Gasteiger partial charge in [0.2, 0.25) is 0 Å². The van der Waals surface area contributed by atoms with Gasteiger partial charge in [-0.05, 0) is 43.2 Å². The molecule has 3 rings (SSSR count). The first kappa shape index (κ1) is 19.6. The average molecular weight is 378 g/mol. The number of carbonyl (C=O) groups excluding carboxylic acids is 2. The van der Waals surface area contributed by atoms with Crippen molar-refractivity contribution in [3.63, 3.8) is 0 Å². The van der Waals surface area contributed by atoms with E-state index >= 15 is 0 Å². The molecule has 1 fully saturated rings. The largest absolute Gasteiger partial charge is 0.368 e. The highest BCUT2D eigenvalue weighted by Crippen LogP contribution is 2.24. The number of piperazine rings is 1. The minimum atomic E-state index is -0.311. The van der Waals surface area contributed by atoms with E-state index in [2.05, 4.69) is 53.8 Å². The predicted octanol–water partition coefficient (Wildman–Crippen LogP) is 2.58. The fourth-order valence-corrected chi connectivity index (χ4v) is 3.35. The molecule has 0 aliphatic carbocycles. The molecule has 6 nitrogen and oxygen atoms in total. The third-order valence-electron chi connectivity index (χ3n) is 5.13. The first-order valence-corrected chi connectivity index (χ1v) is 9.47. The fraction of sp³-hybridized carbons (Fsp3) is 0.318. The van der Waals surface area contributed by atoms with Crippen molar-refractivity contribution in [2.75, 3.05) is 37.6 Å². The van der Waals surface area contributed by atoms with Gasteiger partial charge in [0.05, 0.1) is 0 Å². The lowest BCUT2D eigenvalue weighted by atomic mass is 10.1. The molecule has 0 unspecified atom stereocenters. The van der Waals surface area contributed by atoms with Crippen molar-refractivity contribution < 1.29 is 9.59 Å². The van der Waals surface area contributed by atoms with Crippen LogP contribution in [-0.2, 0) is 0 Å². The van der Waals surface area contributed by atoms with Crippen molar-refractivity contribution in [1.82, 2.24) is 15.2 Å². The summed E-state index contributed by atoms with van der Waals surface area (Å²) in [5, 5.41) is 2.68. The lowest BCUT2D eigenvalue weighted by molar-refractivity contribution is 0.0746. The van der Waals surface area contributed by atoms with Crippen molar-refractivity contribution in [2.24, 2.45) is 0 Å². The third kappa shape index (κ3) is 4.22. The molecule has 1 N–H and O–H groups in total. The fourth-order valence-electron chi connectivity index (χ4n) is 3.35. The zero-order chi connectivity index (χ0) is 20.1. The van der Waals surface area contributed by atoms with Crippen LogP contribution >= 0.6 is 0 Å². The van der Waals surface area contributed by atoms with Crippen molar-refractivity contribution in [2.45, 2.75) is 13.8 Å². The Bertz CT molecular complexity index is 886. The summed E-state index contributed by atoms with van der Waals surface area (Å²) in [5.41, 5.74) is 4.51. The Labute approximate surface area is 165 Å². The van der Waals surface area contributed by atoms with E-state index in [4.69, 9.17) is 0 Å². The highest BCUT2D eigenvalue weighted by atomic mass is 16.2. The molecule has 1 aromatic carbocycles. The standard InChI is InChI=1S/C22H26N4O2/c1-4-9-24-21(27)19-15-18(8-10-23-19)22(28)26-13-11-25(12-14-26)20-7-5-6-16(2)17(20)3/h4-8,10,15H,1,9,11-14H2,2-3H3,(H,24,27). The molecule has 0 atom stereocenters. The maximum absolute atomic E-state index is 12.9. The molecule has 146 valence electrons. The van der Waals surface area contributed by atoms with Crippen LogP contribution in [0.2, 0.25) is 0 Å². The number of nitrogens with one attached hydrogen (secondary N) is 1. The van der Waals surface area contributed by atoms with E-state index in [9.17, 15) is 9.59 Å². The minimum absolute atomic E-state index is 0.0687. The van der Waals surface area contributed by atoms with Gasteiger partial charge in [0.25, 0.3) is 11.8 Å². The van der Waals surface area contributed by atoms with E-state index in [1.165, 1.54) is 23.0 Å². The predicted molar refractivity (Wildman–Crippen MR) is 111 cm³/mol. The Kier molecular flexibility index (Phi) is 6.09. The van der Waals surface area contributed by atoms with Gasteiger partial charge in [0.15, 0.2) is 0 Å². The highest BCUT2D eigenvalue weighted by molar-refractivity contribution is 5.98. The van der Waals surface area contributed by atoms with Gasteiger partial charge in [-0.3, -0.25) is 14.6 Å². The molecule has 2 heterocycles. The van der Waals surface area contributed by atoms with E-state index in [-0.39, 0.29) is 17.5 Å². The molecule has 2 amide bonds. The summed E-state index contributed by atoms with van der Waals surface area (Å²) in [5.74, 6) is -0.380. The minimum Gasteiger partial charge on any atom is -0.368 e. The molecule has 1 saturated heterocycles. The zero-order valence-electron chi connectivity index (χ0n) is 16.4. The van der Waals surface area contributed by atoms with Crippen molar-refractivity contribution in [1.29, 1.82) is 0 Å². The summed E-state index contributed by atoms with van der Waals surface area (Å²) in [7, 11) is 0. The Morgan fingerprint density at radius 1 is 1.18 bits per heavy atom. The second-order valence-electron chi connectivity index (χ2n) is 6.93. The van der Waals surface area contributed by atoms with Gasteiger partial charge < -0.3 is 15.1 Å². The number of anilines is 1. The number of aromatic nitrogens is 1. The molecule has 0 saturated carbocycles. The number of nitrogens with zero attached hydrogens (tertiary/aromatic N) is 3. The van der Waals surface area contributed by atoms with Crippen LogP contribution in [0.15, 0.2) is 49.2 Å². The zero-order valence-corrected chi connectivity index (χ0v) is 16.4. The Morgan fingerprint density at radius 2 is 1.93 bits per heavy atom. The summed E-state index contributed by atoms with van der Waals surface area (Å²) >= 11 is 0. The number of aryl methyl sites for hydroxylation is 1. The van der Waals surface area contributed by atoms with Gasteiger partial charge in [-0.2, -0.15) is 0 Å². The summed E-state index contributed by atoms with van der Waals surface area (Å²) < 4.78 is 0. The number of amides is 2. The van der Waals surface area contributed by atoms with Gasteiger partial charge >= 0.3 is 0 Å². The molecule has 1 aliphatic rings. The summed E-state index contributed by atoms with van der Waals surface area (Å²) in [4.78, 5) is 33.2. The molecule has 0 radical (unpaired) electrons. The molecular formula is C22H26N4O2. The van der Waals surface area contributed by atoms with E-state index in [0.29, 0.717) is 25.2 Å². The number of pyridine rings is 1. The Hall–Kier alpha value is -3.15. The monoisotopic (exact) mass is 378 g/mol. The Balaban J connectivity index is 1.66. The number of hydrogen-bond acceptors (Lipinski definition) is 4. The summed E-state index contributed by atoms with van der Waals surface area (Å²) in [6.07, 6.45) is 3.10.